The Morgan fingerprint density at radius 3 is 2.43 bits per heavy atom. The number of carbonyl (C=O) groups excluding carboxylic acids is 1. The number of non-ortho nitro benzene ring substituents is 1. The van der Waals surface area contributed by atoms with Gasteiger partial charge in [-0.1, -0.05) is 6.07 Å². The van der Waals surface area contributed by atoms with E-state index in [1.165, 1.54) is 31.2 Å². The second-order valence-electron chi connectivity index (χ2n) is 5.96. The Kier molecular flexibility index (Phi) is 6.57. The van der Waals surface area contributed by atoms with Crippen LogP contribution in [0.2, 0.25) is 0 Å². The molecule has 0 aromatic heterocycles. The molecular formula is C18H21N3O6S. The largest absolute Gasteiger partial charge is 0.494 e. The number of hydrogen-bond acceptors (Lipinski definition) is 6. The number of nitro groups is 1. The molecule has 1 N–H and O–H groups in total. The molecule has 9 nitrogen and oxygen atoms in total. The van der Waals surface area contributed by atoms with Gasteiger partial charge in [-0.25, -0.2) is 8.42 Å². The van der Waals surface area contributed by atoms with Crippen molar-refractivity contribution in [3.63, 3.8) is 0 Å². The van der Waals surface area contributed by atoms with Gasteiger partial charge in [-0.3, -0.25) is 19.2 Å². The normalized spacial score (nSPS) is 12.1. The molecule has 2 rings (SSSR count). The Labute approximate surface area is 163 Å². The van der Waals surface area contributed by atoms with Crippen molar-refractivity contribution in [2.75, 3.05) is 22.5 Å². The Morgan fingerprint density at radius 1 is 1.25 bits per heavy atom. The lowest BCUT2D eigenvalue weighted by Gasteiger charge is -2.28. The van der Waals surface area contributed by atoms with Gasteiger partial charge in [0.15, 0.2) is 0 Å². The quantitative estimate of drug-likeness (QED) is 0.531. The van der Waals surface area contributed by atoms with Gasteiger partial charge in [0.05, 0.1) is 23.5 Å². The molecule has 28 heavy (non-hydrogen) atoms. The van der Waals surface area contributed by atoms with E-state index in [2.05, 4.69) is 5.32 Å². The van der Waals surface area contributed by atoms with Gasteiger partial charge >= 0.3 is 0 Å². The van der Waals surface area contributed by atoms with Crippen LogP contribution in [-0.4, -0.2) is 38.2 Å². The highest BCUT2D eigenvalue weighted by Gasteiger charge is 2.29. The van der Waals surface area contributed by atoms with Crippen LogP contribution in [-0.2, 0) is 14.8 Å². The number of nitrogens with zero attached hydrogens (tertiary/aromatic N) is 2. The molecule has 2 aromatic carbocycles. The summed E-state index contributed by atoms with van der Waals surface area (Å²) in [5.74, 6) is -0.0480. The number of rotatable bonds is 8. The molecule has 0 aliphatic heterocycles. The molecule has 1 amide bonds. The number of anilines is 2. The van der Waals surface area contributed by atoms with E-state index in [9.17, 15) is 23.3 Å². The summed E-state index contributed by atoms with van der Waals surface area (Å²) in [6.07, 6.45) is 1.00. The zero-order valence-corrected chi connectivity index (χ0v) is 16.5. The fourth-order valence-corrected chi connectivity index (χ4v) is 3.78. The fraction of sp³-hybridized carbons (Fsp3) is 0.278. The summed E-state index contributed by atoms with van der Waals surface area (Å²) in [4.78, 5) is 22.9. The Morgan fingerprint density at radius 2 is 1.89 bits per heavy atom. The zero-order valence-electron chi connectivity index (χ0n) is 15.7. The van der Waals surface area contributed by atoms with E-state index in [1.54, 1.807) is 24.3 Å². The molecular weight excluding hydrogens is 386 g/mol. The minimum Gasteiger partial charge on any atom is -0.494 e. The number of amides is 1. The van der Waals surface area contributed by atoms with Crippen molar-refractivity contribution >= 4 is 33.0 Å². The maximum Gasteiger partial charge on any atom is 0.271 e. The van der Waals surface area contributed by atoms with Crippen LogP contribution in [0.15, 0.2) is 48.5 Å². The van der Waals surface area contributed by atoms with Crippen LogP contribution in [0.5, 0.6) is 5.75 Å². The van der Waals surface area contributed by atoms with Crippen molar-refractivity contribution in [1.82, 2.24) is 0 Å². The number of hydrogen-bond donors (Lipinski definition) is 1. The standard InChI is InChI=1S/C18H21N3O6S/c1-4-27-17-10-8-15(9-11-17)20(28(3,25)26)13(2)18(22)19-14-6-5-7-16(12-14)21(23)24/h5-13H,4H2,1-3H3,(H,19,22)/t13-/m1/s1. The second kappa shape index (κ2) is 8.70. The van der Waals surface area contributed by atoms with Crippen molar-refractivity contribution < 1.29 is 22.9 Å². The maximum absolute atomic E-state index is 12.6. The molecule has 0 radical (unpaired) electrons. The predicted octanol–water partition coefficient (Wildman–Crippen LogP) is 2.79. The monoisotopic (exact) mass is 407 g/mol. The highest BCUT2D eigenvalue weighted by atomic mass is 32.2. The number of nitro benzene ring substituents is 1. The summed E-state index contributed by atoms with van der Waals surface area (Å²) in [7, 11) is -3.78. The third-order valence-corrected chi connectivity index (χ3v) is 5.06. The molecule has 0 saturated heterocycles. The third-order valence-electron chi connectivity index (χ3n) is 3.82. The molecule has 0 saturated carbocycles. The third kappa shape index (κ3) is 5.19. The van der Waals surface area contributed by atoms with Crippen molar-refractivity contribution in [2.24, 2.45) is 0 Å². The van der Waals surface area contributed by atoms with Crippen molar-refractivity contribution in [2.45, 2.75) is 19.9 Å². The van der Waals surface area contributed by atoms with Gasteiger partial charge in [0.25, 0.3) is 5.69 Å². The average Bonchev–Trinajstić information content (AvgIpc) is 2.62. The first kappa shape index (κ1) is 21.2. The Bertz CT molecular complexity index is 960. The number of carbonyl (C=O) groups is 1. The lowest BCUT2D eigenvalue weighted by atomic mass is 10.2. The zero-order chi connectivity index (χ0) is 20.9. The summed E-state index contributed by atoms with van der Waals surface area (Å²) < 4.78 is 30.9. The highest BCUT2D eigenvalue weighted by molar-refractivity contribution is 7.92. The first-order valence-corrected chi connectivity index (χ1v) is 10.3. The number of nitrogens with one attached hydrogen (secondary N) is 1. The van der Waals surface area contributed by atoms with Crippen LogP contribution in [0.4, 0.5) is 17.1 Å². The molecule has 150 valence electrons. The first-order chi connectivity index (χ1) is 13.1. The molecule has 0 heterocycles. The van der Waals surface area contributed by atoms with Crippen LogP contribution in [0.1, 0.15) is 13.8 Å². The van der Waals surface area contributed by atoms with Crippen molar-refractivity contribution in [3.05, 3.63) is 58.6 Å². The van der Waals surface area contributed by atoms with Gasteiger partial charge in [-0.2, -0.15) is 0 Å². The van der Waals surface area contributed by atoms with Gasteiger partial charge in [0, 0.05) is 17.8 Å². The smallest absolute Gasteiger partial charge is 0.271 e. The van der Waals surface area contributed by atoms with Crippen LogP contribution in [0, 0.1) is 10.1 Å². The van der Waals surface area contributed by atoms with Crippen LogP contribution in [0.3, 0.4) is 0 Å². The van der Waals surface area contributed by atoms with E-state index >= 15 is 0 Å². The fourth-order valence-electron chi connectivity index (χ4n) is 2.61. The van der Waals surface area contributed by atoms with Gasteiger partial charge in [0.2, 0.25) is 15.9 Å². The van der Waals surface area contributed by atoms with Crippen LogP contribution in [0.25, 0.3) is 0 Å². The lowest BCUT2D eigenvalue weighted by molar-refractivity contribution is -0.384. The van der Waals surface area contributed by atoms with E-state index in [0.717, 1.165) is 10.6 Å². The molecule has 2 aromatic rings. The van der Waals surface area contributed by atoms with Gasteiger partial charge in [-0.15, -0.1) is 0 Å². The molecule has 0 unspecified atom stereocenters. The predicted molar refractivity (Wildman–Crippen MR) is 106 cm³/mol. The summed E-state index contributed by atoms with van der Waals surface area (Å²) in [5.41, 5.74) is 0.316. The molecule has 0 aliphatic rings. The molecule has 0 bridgehead atoms. The Balaban J connectivity index is 2.27. The Hall–Kier alpha value is -3.14. The minimum atomic E-state index is -3.78. The van der Waals surface area contributed by atoms with Gasteiger partial charge in [-0.05, 0) is 44.2 Å². The van der Waals surface area contributed by atoms with E-state index in [4.69, 9.17) is 4.74 Å². The lowest BCUT2D eigenvalue weighted by Crippen LogP contribution is -2.45. The van der Waals surface area contributed by atoms with Crippen LogP contribution >= 0.6 is 0 Å². The van der Waals surface area contributed by atoms with Crippen molar-refractivity contribution in [1.29, 1.82) is 0 Å². The number of ether oxygens (including phenoxy) is 1. The van der Waals surface area contributed by atoms with Gasteiger partial charge in [0.1, 0.15) is 11.8 Å². The van der Waals surface area contributed by atoms with E-state index in [0.29, 0.717) is 18.0 Å². The SMILES string of the molecule is CCOc1ccc(N([C@H](C)C(=O)Nc2cccc([N+](=O)[O-])c2)S(C)(=O)=O)cc1. The first-order valence-electron chi connectivity index (χ1n) is 8.41. The average molecular weight is 407 g/mol. The van der Waals surface area contributed by atoms with Crippen molar-refractivity contribution in [3.8, 4) is 5.75 Å². The number of benzene rings is 2. The highest BCUT2D eigenvalue weighted by Crippen LogP contribution is 2.25. The minimum absolute atomic E-state index is 0.183. The molecule has 0 spiro atoms. The molecule has 10 heteroatoms. The van der Waals surface area contributed by atoms with Crippen LogP contribution < -0.4 is 14.4 Å². The summed E-state index contributed by atoms with van der Waals surface area (Å²) in [6.45, 7) is 3.73. The summed E-state index contributed by atoms with van der Waals surface area (Å²) >= 11 is 0. The molecule has 0 aliphatic carbocycles. The maximum atomic E-state index is 12.6. The molecule has 1 atom stereocenters. The summed E-state index contributed by atoms with van der Waals surface area (Å²) in [6, 6.07) is 10.6. The van der Waals surface area contributed by atoms with E-state index in [-0.39, 0.29) is 11.4 Å². The second-order valence-corrected chi connectivity index (χ2v) is 7.82. The number of sulfonamides is 1. The van der Waals surface area contributed by atoms with E-state index < -0.39 is 26.9 Å². The van der Waals surface area contributed by atoms with Gasteiger partial charge < -0.3 is 10.1 Å². The summed E-state index contributed by atoms with van der Waals surface area (Å²) in [5, 5.41) is 13.4. The topological polar surface area (TPSA) is 119 Å². The molecule has 0 fully saturated rings. The van der Waals surface area contributed by atoms with E-state index in [1.807, 2.05) is 6.92 Å².